The molecule has 1 unspecified atom stereocenters. The van der Waals surface area contributed by atoms with E-state index in [1.54, 1.807) is 23.6 Å². The van der Waals surface area contributed by atoms with E-state index in [9.17, 15) is 14.0 Å². The summed E-state index contributed by atoms with van der Waals surface area (Å²) in [6.07, 6.45) is -0.985. The fourth-order valence-electron chi connectivity index (χ4n) is 2.30. The van der Waals surface area contributed by atoms with Crippen LogP contribution in [0.3, 0.4) is 0 Å². The number of amides is 1. The summed E-state index contributed by atoms with van der Waals surface area (Å²) < 4.78 is 23.4. The van der Waals surface area contributed by atoms with Crippen LogP contribution in [-0.4, -0.2) is 29.6 Å². The first kappa shape index (κ1) is 22.0. The van der Waals surface area contributed by atoms with E-state index in [0.717, 1.165) is 0 Å². The molecule has 0 bridgehead atoms. The number of hydrogen-bond acceptors (Lipinski definition) is 6. The van der Waals surface area contributed by atoms with Crippen molar-refractivity contribution in [3.63, 3.8) is 0 Å². The second-order valence-electron chi connectivity index (χ2n) is 6.04. The number of benzene rings is 2. The molecule has 0 aliphatic carbocycles. The summed E-state index contributed by atoms with van der Waals surface area (Å²) in [5, 5.41) is 5.28. The third-order valence-electron chi connectivity index (χ3n) is 3.77. The van der Waals surface area contributed by atoms with E-state index in [1.165, 1.54) is 42.5 Å². The van der Waals surface area contributed by atoms with Gasteiger partial charge in [-0.15, -0.1) is 11.3 Å². The molecule has 1 atom stereocenters. The highest BCUT2D eigenvalue weighted by atomic mass is 35.5. The summed E-state index contributed by atoms with van der Waals surface area (Å²) in [5.74, 6) is -1.37. The van der Waals surface area contributed by atoms with E-state index in [2.05, 4.69) is 10.3 Å². The molecule has 1 amide bonds. The van der Waals surface area contributed by atoms with Crippen LogP contribution in [0.25, 0.3) is 11.3 Å². The SMILES string of the molecule is CC(Oc1ccc(Cl)cc1Cl)C(=O)OCC(=O)Nc1nc(-c2ccc(F)cc2)cs1. The minimum absolute atomic E-state index is 0.251. The van der Waals surface area contributed by atoms with Gasteiger partial charge in [-0.05, 0) is 49.4 Å². The van der Waals surface area contributed by atoms with E-state index >= 15 is 0 Å². The Morgan fingerprint density at radius 3 is 2.63 bits per heavy atom. The van der Waals surface area contributed by atoms with Crippen molar-refractivity contribution in [1.29, 1.82) is 0 Å². The van der Waals surface area contributed by atoms with Crippen molar-refractivity contribution in [1.82, 2.24) is 4.98 Å². The van der Waals surface area contributed by atoms with Gasteiger partial charge in [0.15, 0.2) is 17.8 Å². The van der Waals surface area contributed by atoms with Crippen molar-refractivity contribution in [2.24, 2.45) is 0 Å². The summed E-state index contributed by atoms with van der Waals surface area (Å²) in [5.41, 5.74) is 1.31. The zero-order valence-electron chi connectivity index (χ0n) is 15.5. The number of carbonyl (C=O) groups is 2. The predicted molar refractivity (Wildman–Crippen MR) is 114 cm³/mol. The molecule has 0 fully saturated rings. The van der Waals surface area contributed by atoms with Crippen LogP contribution >= 0.6 is 34.5 Å². The molecule has 0 saturated heterocycles. The number of ether oxygens (including phenoxy) is 2. The van der Waals surface area contributed by atoms with Crippen LogP contribution in [0.4, 0.5) is 9.52 Å². The molecule has 0 aliphatic rings. The first-order valence-electron chi connectivity index (χ1n) is 8.61. The average molecular weight is 469 g/mol. The first-order chi connectivity index (χ1) is 14.3. The van der Waals surface area contributed by atoms with E-state index in [4.69, 9.17) is 32.7 Å². The van der Waals surface area contributed by atoms with Gasteiger partial charge in [0.1, 0.15) is 11.6 Å². The average Bonchev–Trinajstić information content (AvgIpc) is 3.17. The molecule has 1 N–H and O–H groups in total. The minimum Gasteiger partial charge on any atom is -0.477 e. The lowest BCUT2D eigenvalue weighted by Crippen LogP contribution is -2.29. The molecule has 10 heteroatoms. The van der Waals surface area contributed by atoms with Gasteiger partial charge in [0.2, 0.25) is 0 Å². The molecule has 3 aromatic rings. The number of nitrogens with zero attached hydrogens (tertiary/aromatic N) is 1. The second-order valence-corrected chi connectivity index (χ2v) is 7.74. The van der Waals surface area contributed by atoms with Crippen LogP contribution < -0.4 is 10.1 Å². The minimum atomic E-state index is -0.985. The van der Waals surface area contributed by atoms with Gasteiger partial charge in [-0.1, -0.05) is 23.2 Å². The standard InChI is InChI=1S/C20H15Cl2FN2O4S/c1-11(29-17-7-4-13(21)8-15(17)22)19(27)28-9-18(26)25-20-24-16(10-30-20)12-2-5-14(23)6-3-12/h2-8,10-11H,9H2,1H3,(H,24,25,26). The first-order valence-corrected chi connectivity index (χ1v) is 10.2. The summed E-state index contributed by atoms with van der Waals surface area (Å²) in [7, 11) is 0. The lowest BCUT2D eigenvalue weighted by atomic mass is 10.2. The number of thiazole rings is 1. The fraction of sp³-hybridized carbons (Fsp3) is 0.150. The maximum absolute atomic E-state index is 13.0. The predicted octanol–water partition coefficient (Wildman–Crippen LogP) is 5.21. The molecular formula is C20H15Cl2FN2O4S. The van der Waals surface area contributed by atoms with Crippen LogP contribution in [-0.2, 0) is 14.3 Å². The summed E-state index contributed by atoms with van der Waals surface area (Å²) >= 11 is 13.0. The van der Waals surface area contributed by atoms with Gasteiger partial charge < -0.3 is 9.47 Å². The number of hydrogen-bond donors (Lipinski definition) is 1. The molecule has 0 radical (unpaired) electrons. The van der Waals surface area contributed by atoms with Crippen LogP contribution in [0, 0.1) is 5.82 Å². The molecule has 0 aliphatic heterocycles. The second kappa shape index (κ2) is 9.88. The van der Waals surface area contributed by atoms with Gasteiger partial charge in [0.05, 0.1) is 10.7 Å². The van der Waals surface area contributed by atoms with Crippen LogP contribution in [0.5, 0.6) is 5.75 Å². The largest absolute Gasteiger partial charge is 0.477 e. The zero-order chi connectivity index (χ0) is 21.7. The van der Waals surface area contributed by atoms with E-state index in [0.29, 0.717) is 21.4 Å². The van der Waals surface area contributed by atoms with Crippen molar-refractivity contribution in [2.45, 2.75) is 13.0 Å². The number of anilines is 1. The molecular weight excluding hydrogens is 454 g/mol. The Morgan fingerprint density at radius 2 is 1.93 bits per heavy atom. The Bertz CT molecular complexity index is 1060. The third kappa shape index (κ3) is 5.91. The molecule has 1 heterocycles. The lowest BCUT2D eigenvalue weighted by Gasteiger charge is -2.14. The normalized spacial score (nSPS) is 11.6. The van der Waals surface area contributed by atoms with Crippen molar-refractivity contribution in [3.05, 3.63) is 63.7 Å². The van der Waals surface area contributed by atoms with E-state index in [1.807, 2.05) is 0 Å². The highest BCUT2D eigenvalue weighted by Crippen LogP contribution is 2.28. The number of halogens is 3. The number of carbonyl (C=O) groups excluding carboxylic acids is 2. The molecule has 3 rings (SSSR count). The van der Waals surface area contributed by atoms with Crippen LogP contribution in [0.1, 0.15) is 6.92 Å². The third-order valence-corrected chi connectivity index (χ3v) is 5.05. The Hall–Kier alpha value is -2.68. The Balaban J connectivity index is 1.49. The van der Waals surface area contributed by atoms with Crippen LogP contribution in [0.15, 0.2) is 47.8 Å². The van der Waals surface area contributed by atoms with Crippen LogP contribution in [0.2, 0.25) is 10.0 Å². The fourth-order valence-corrected chi connectivity index (χ4v) is 3.49. The van der Waals surface area contributed by atoms with Gasteiger partial charge in [-0.25, -0.2) is 14.2 Å². The zero-order valence-corrected chi connectivity index (χ0v) is 17.9. The molecule has 156 valence electrons. The Morgan fingerprint density at radius 1 is 1.20 bits per heavy atom. The quantitative estimate of drug-likeness (QED) is 0.481. The highest BCUT2D eigenvalue weighted by molar-refractivity contribution is 7.14. The van der Waals surface area contributed by atoms with E-state index < -0.39 is 24.6 Å². The smallest absolute Gasteiger partial charge is 0.347 e. The molecule has 0 saturated carbocycles. The molecule has 2 aromatic carbocycles. The summed E-state index contributed by atoms with van der Waals surface area (Å²) in [6, 6.07) is 10.4. The van der Waals surface area contributed by atoms with Crippen molar-refractivity contribution in [3.8, 4) is 17.0 Å². The summed E-state index contributed by atoms with van der Waals surface area (Å²) in [6.45, 7) is 0.966. The molecule has 0 spiro atoms. The van der Waals surface area contributed by atoms with Gasteiger partial charge >= 0.3 is 5.97 Å². The highest BCUT2D eigenvalue weighted by Gasteiger charge is 2.19. The van der Waals surface area contributed by atoms with Crippen molar-refractivity contribution >= 4 is 51.5 Å². The van der Waals surface area contributed by atoms with Gasteiger partial charge in [0.25, 0.3) is 5.91 Å². The maximum Gasteiger partial charge on any atom is 0.347 e. The van der Waals surface area contributed by atoms with Crippen molar-refractivity contribution < 1.29 is 23.5 Å². The monoisotopic (exact) mass is 468 g/mol. The molecule has 1 aromatic heterocycles. The Kier molecular flexibility index (Phi) is 7.25. The topological polar surface area (TPSA) is 77.5 Å². The van der Waals surface area contributed by atoms with Gasteiger partial charge in [0, 0.05) is 16.0 Å². The molecule has 30 heavy (non-hydrogen) atoms. The number of rotatable bonds is 7. The van der Waals surface area contributed by atoms with E-state index in [-0.39, 0.29) is 16.6 Å². The number of aromatic nitrogens is 1. The number of esters is 1. The van der Waals surface area contributed by atoms with Gasteiger partial charge in [-0.2, -0.15) is 0 Å². The van der Waals surface area contributed by atoms with Gasteiger partial charge in [-0.3, -0.25) is 10.1 Å². The van der Waals surface area contributed by atoms with Crippen molar-refractivity contribution in [2.75, 3.05) is 11.9 Å². The lowest BCUT2D eigenvalue weighted by molar-refractivity contribution is -0.153. The molecule has 6 nitrogen and oxygen atoms in total. The number of nitrogens with one attached hydrogen (secondary N) is 1. The summed E-state index contributed by atoms with van der Waals surface area (Å²) in [4.78, 5) is 28.3. The maximum atomic E-state index is 13.0. The Labute approximate surface area is 185 Å².